The Kier molecular flexibility index (Phi) is 4.93. The van der Waals surface area contributed by atoms with Crippen molar-refractivity contribution in [2.24, 2.45) is 0 Å². The second-order valence-corrected chi connectivity index (χ2v) is 5.47. The largest absolute Gasteiger partial charge is 0.299 e. The molecule has 0 spiro atoms. The molecule has 0 unspecified atom stereocenters. The molecule has 1 aromatic carbocycles. The summed E-state index contributed by atoms with van der Waals surface area (Å²) in [5.74, 6) is -0.261. The summed E-state index contributed by atoms with van der Waals surface area (Å²) >= 11 is 0. The van der Waals surface area contributed by atoms with Gasteiger partial charge in [0.25, 0.3) is 0 Å². The predicted molar refractivity (Wildman–Crippen MR) is 74.1 cm³/mol. The quantitative estimate of drug-likeness (QED) is 0.772. The molecule has 0 heterocycles. The van der Waals surface area contributed by atoms with Crippen molar-refractivity contribution in [2.45, 2.75) is 51.1 Å². The Labute approximate surface area is 114 Å². The van der Waals surface area contributed by atoms with Gasteiger partial charge in [-0.15, -0.1) is 0 Å². The predicted octanol–water partition coefficient (Wildman–Crippen LogP) is 3.85. The Hall–Kier alpha value is -1.40. The number of nitrogens with zero attached hydrogens (tertiary/aromatic N) is 2. The first kappa shape index (κ1) is 14.0. The van der Waals surface area contributed by atoms with Gasteiger partial charge in [-0.1, -0.05) is 25.7 Å². The van der Waals surface area contributed by atoms with Gasteiger partial charge in [0.05, 0.1) is 11.6 Å². The minimum atomic E-state index is -0.261. The first-order valence-electron chi connectivity index (χ1n) is 7.09. The van der Waals surface area contributed by atoms with Crippen LogP contribution in [0.15, 0.2) is 18.2 Å². The Bertz CT molecular complexity index is 456. The normalized spacial score (nSPS) is 17.2. The van der Waals surface area contributed by atoms with E-state index >= 15 is 0 Å². The molecule has 0 amide bonds. The molecule has 1 aliphatic carbocycles. The van der Waals surface area contributed by atoms with Crippen LogP contribution in [-0.2, 0) is 6.54 Å². The fraction of sp³-hybridized carbons (Fsp3) is 0.562. The lowest BCUT2D eigenvalue weighted by molar-refractivity contribution is 0.212. The molecule has 0 radical (unpaired) electrons. The van der Waals surface area contributed by atoms with Crippen LogP contribution in [0, 0.1) is 17.1 Å². The van der Waals surface area contributed by atoms with Crippen LogP contribution >= 0.6 is 0 Å². The van der Waals surface area contributed by atoms with Crippen LogP contribution in [0.25, 0.3) is 0 Å². The van der Waals surface area contributed by atoms with E-state index < -0.39 is 0 Å². The molecule has 1 fully saturated rings. The van der Waals surface area contributed by atoms with Gasteiger partial charge in [-0.3, -0.25) is 4.90 Å². The maximum absolute atomic E-state index is 13.3. The van der Waals surface area contributed by atoms with E-state index in [9.17, 15) is 4.39 Å². The number of benzene rings is 1. The number of hydrogen-bond donors (Lipinski definition) is 0. The van der Waals surface area contributed by atoms with E-state index in [-0.39, 0.29) is 5.82 Å². The Morgan fingerprint density at radius 3 is 2.58 bits per heavy atom. The van der Waals surface area contributed by atoms with Gasteiger partial charge in [0.15, 0.2) is 0 Å². The van der Waals surface area contributed by atoms with E-state index in [1.165, 1.54) is 50.7 Å². The van der Waals surface area contributed by atoms with Crippen LogP contribution in [0.1, 0.15) is 49.7 Å². The van der Waals surface area contributed by atoms with Crippen molar-refractivity contribution in [3.8, 4) is 6.07 Å². The maximum atomic E-state index is 13.3. The monoisotopic (exact) mass is 260 g/mol. The SMILES string of the molecule is CN(Cc1cc(F)ccc1C#N)C1CCCCCC1. The minimum Gasteiger partial charge on any atom is -0.299 e. The highest BCUT2D eigenvalue weighted by Crippen LogP contribution is 2.23. The van der Waals surface area contributed by atoms with Crippen molar-refractivity contribution in [3.63, 3.8) is 0 Å². The molecule has 0 aliphatic heterocycles. The van der Waals surface area contributed by atoms with E-state index in [4.69, 9.17) is 5.26 Å². The molecule has 0 aromatic heterocycles. The van der Waals surface area contributed by atoms with Gasteiger partial charge in [-0.2, -0.15) is 5.26 Å². The summed E-state index contributed by atoms with van der Waals surface area (Å²) in [5, 5.41) is 9.09. The van der Waals surface area contributed by atoms with Gasteiger partial charge < -0.3 is 0 Å². The molecule has 19 heavy (non-hydrogen) atoms. The van der Waals surface area contributed by atoms with Gasteiger partial charge >= 0.3 is 0 Å². The minimum absolute atomic E-state index is 0.261. The Balaban J connectivity index is 2.07. The zero-order valence-electron chi connectivity index (χ0n) is 11.5. The van der Waals surface area contributed by atoms with E-state index in [1.807, 2.05) is 0 Å². The van der Waals surface area contributed by atoms with Crippen molar-refractivity contribution in [2.75, 3.05) is 7.05 Å². The van der Waals surface area contributed by atoms with Crippen LogP contribution < -0.4 is 0 Å². The summed E-state index contributed by atoms with van der Waals surface area (Å²) in [6.45, 7) is 0.658. The zero-order valence-corrected chi connectivity index (χ0v) is 11.5. The third kappa shape index (κ3) is 3.78. The van der Waals surface area contributed by atoms with Gasteiger partial charge in [0, 0.05) is 12.6 Å². The molecule has 1 aliphatic rings. The number of nitriles is 1. The Morgan fingerprint density at radius 1 is 1.26 bits per heavy atom. The molecule has 102 valence electrons. The summed E-state index contributed by atoms with van der Waals surface area (Å²) in [6.07, 6.45) is 7.65. The first-order valence-corrected chi connectivity index (χ1v) is 7.09. The second-order valence-electron chi connectivity index (χ2n) is 5.47. The molecular weight excluding hydrogens is 239 g/mol. The molecule has 2 nitrogen and oxygen atoms in total. The summed E-state index contributed by atoms with van der Waals surface area (Å²) in [7, 11) is 2.09. The van der Waals surface area contributed by atoms with Crippen molar-refractivity contribution in [1.29, 1.82) is 5.26 Å². The topological polar surface area (TPSA) is 27.0 Å². The first-order chi connectivity index (χ1) is 9.20. The van der Waals surface area contributed by atoms with Crippen molar-refractivity contribution < 1.29 is 4.39 Å². The molecule has 0 N–H and O–H groups in total. The highest BCUT2D eigenvalue weighted by molar-refractivity contribution is 5.37. The molecule has 0 saturated heterocycles. The maximum Gasteiger partial charge on any atom is 0.123 e. The Morgan fingerprint density at radius 2 is 1.95 bits per heavy atom. The van der Waals surface area contributed by atoms with Crippen LogP contribution in [0.2, 0.25) is 0 Å². The average Bonchev–Trinajstić information content (AvgIpc) is 2.68. The van der Waals surface area contributed by atoms with E-state index in [0.717, 1.165) is 5.56 Å². The summed E-state index contributed by atoms with van der Waals surface area (Å²) in [6, 6.07) is 7.14. The molecule has 3 heteroatoms. The highest BCUT2D eigenvalue weighted by Gasteiger charge is 2.18. The van der Waals surface area contributed by atoms with Gasteiger partial charge in [-0.25, -0.2) is 4.39 Å². The van der Waals surface area contributed by atoms with E-state index in [2.05, 4.69) is 18.0 Å². The van der Waals surface area contributed by atoms with Gasteiger partial charge in [0.1, 0.15) is 5.82 Å². The number of rotatable bonds is 3. The van der Waals surface area contributed by atoms with Crippen LogP contribution in [-0.4, -0.2) is 18.0 Å². The van der Waals surface area contributed by atoms with E-state index in [1.54, 1.807) is 6.07 Å². The van der Waals surface area contributed by atoms with Crippen molar-refractivity contribution in [3.05, 3.63) is 35.1 Å². The summed E-state index contributed by atoms with van der Waals surface area (Å²) in [5.41, 5.74) is 1.39. The molecule has 0 bridgehead atoms. The molecule has 1 saturated carbocycles. The average molecular weight is 260 g/mol. The third-order valence-electron chi connectivity index (χ3n) is 4.06. The fourth-order valence-corrected chi connectivity index (χ4v) is 2.90. The van der Waals surface area contributed by atoms with Crippen LogP contribution in [0.4, 0.5) is 4.39 Å². The highest BCUT2D eigenvalue weighted by atomic mass is 19.1. The number of hydrogen-bond acceptors (Lipinski definition) is 2. The van der Waals surface area contributed by atoms with Crippen molar-refractivity contribution >= 4 is 0 Å². The van der Waals surface area contributed by atoms with E-state index in [0.29, 0.717) is 18.2 Å². The molecular formula is C16H21FN2. The lowest BCUT2D eigenvalue weighted by Gasteiger charge is -2.27. The second kappa shape index (κ2) is 6.68. The lowest BCUT2D eigenvalue weighted by Crippen LogP contribution is -2.31. The third-order valence-corrected chi connectivity index (χ3v) is 4.06. The molecule has 2 rings (SSSR count). The smallest absolute Gasteiger partial charge is 0.123 e. The van der Waals surface area contributed by atoms with Crippen LogP contribution in [0.5, 0.6) is 0 Å². The zero-order chi connectivity index (χ0) is 13.7. The van der Waals surface area contributed by atoms with Crippen LogP contribution in [0.3, 0.4) is 0 Å². The standard InChI is InChI=1S/C16H21FN2/c1-19(16-6-4-2-3-5-7-16)12-14-10-15(17)9-8-13(14)11-18/h8-10,16H,2-7,12H2,1H3. The summed E-state index contributed by atoms with van der Waals surface area (Å²) in [4.78, 5) is 2.28. The van der Waals surface area contributed by atoms with Crippen molar-refractivity contribution in [1.82, 2.24) is 4.90 Å². The molecule has 0 atom stereocenters. The lowest BCUT2D eigenvalue weighted by atomic mass is 10.0. The van der Waals surface area contributed by atoms with Gasteiger partial charge in [0.2, 0.25) is 0 Å². The fourth-order valence-electron chi connectivity index (χ4n) is 2.90. The molecule has 1 aromatic rings. The van der Waals surface area contributed by atoms with Gasteiger partial charge in [-0.05, 0) is 43.7 Å². The summed E-state index contributed by atoms with van der Waals surface area (Å²) < 4.78 is 13.3. The number of halogens is 1.